The Bertz CT molecular complexity index is 427. The molecule has 19 heavy (non-hydrogen) atoms. The standard InChI is InChI=1S/C14H24N4S/c1-11-4-5-13(19-11)9-17-14(15-2)16-8-12-6-7-18(3)10-12/h4-5,12H,6-10H2,1-3H3,(H2,15,16,17). The Morgan fingerprint density at radius 1 is 1.47 bits per heavy atom. The minimum Gasteiger partial charge on any atom is -0.356 e. The van der Waals surface area contributed by atoms with Crippen LogP contribution in [0.25, 0.3) is 0 Å². The summed E-state index contributed by atoms with van der Waals surface area (Å²) < 4.78 is 0. The van der Waals surface area contributed by atoms with Crippen LogP contribution in [0.15, 0.2) is 17.1 Å². The van der Waals surface area contributed by atoms with Crippen LogP contribution in [0.2, 0.25) is 0 Å². The van der Waals surface area contributed by atoms with Crippen LogP contribution in [-0.4, -0.2) is 44.6 Å². The Balaban J connectivity index is 1.71. The van der Waals surface area contributed by atoms with Crippen molar-refractivity contribution in [2.24, 2.45) is 10.9 Å². The normalized spacial score (nSPS) is 20.8. The molecule has 0 radical (unpaired) electrons. The lowest BCUT2D eigenvalue weighted by molar-refractivity contribution is 0.394. The van der Waals surface area contributed by atoms with Crippen molar-refractivity contribution in [2.45, 2.75) is 19.9 Å². The molecule has 1 saturated heterocycles. The van der Waals surface area contributed by atoms with E-state index in [-0.39, 0.29) is 0 Å². The number of thiophene rings is 1. The molecule has 1 unspecified atom stereocenters. The van der Waals surface area contributed by atoms with Crippen molar-refractivity contribution < 1.29 is 0 Å². The van der Waals surface area contributed by atoms with Gasteiger partial charge in [-0.25, -0.2) is 0 Å². The zero-order valence-electron chi connectivity index (χ0n) is 12.1. The number of likely N-dealkylation sites (tertiary alicyclic amines) is 1. The van der Waals surface area contributed by atoms with E-state index >= 15 is 0 Å². The topological polar surface area (TPSA) is 39.7 Å². The number of aliphatic imine (C=N–C) groups is 1. The third-order valence-corrected chi connectivity index (χ3v) is 4.50. The molecule has 0 amide bonds. The van der Waals surface area contributed by atoms with E-state index in [1.807, 2.05) is 18.4 Å². The molecule has 2 heterocycles. The van der Waals surface area contributed by atoms with Crippen molar-refractivity contribution >= 4 is 17.3 Å². The smallest absolute Gasteiger partial charge is 0.191 e. The van der Waals surface area contributed by atoms with Crippen LogP contribution in [0.3, 0.4) is 0 Å². The first-order valence-electron chi connectivity index (χ1n) is 6.85. The number of guanidine groups is 1. The van der Waals surface area contributed by atoms with Crippen molar-refractivity contribution in [3.8, 4) is 0 Å². The largest absolute Gasteiger partial charge is 0.356 e. The van der Waals surface area contributed by atoms with Gasteiger partial charge in [-0.15, -0.1) is 11.3 Å². The molecule has 0 spiro atoms. The number of hydrogen-bond acceptors (Lipinski definition) is 3. The van der Waals surface area contributed by atoms with Crippen molar-refractivity contribution in [2.75, 3.05) is 33.7 Å². The molecule has 0 aromatic carbocycles. The number of nitrogens with zero attached hydrogens (tertiary/aromatic N) is 2. The van der Waals surface area contributed by atoms with Gasteiger partial charge in [-0.3, -0.25) is 4.99 Å². The third kappa shape index (κ3) is 4.51. The van der Waals surface area contributed by atoms with E-state index in [2.05, 4.69) is 46.6 Å². The van der Waals surface area contributed by atoms with Crippen LogP contribution in [0.4, 0.5) is 0 Å². The first-order valence-corrected chi connectivity index (χ1v) is 7.67. The first kappa shape index (κ1) is 14.3. The fourth-order valence-corrected chi connectivity index (χ4v) is 3.24. The minimum absolute atomic E-state index is 0.743. The summed E-state index contributed by atoms with van der Waals surface area (Å²) in [6.07, 6.45) is 1.28. The molecule has 0 bridgehead atoms. The Morgan fingerprint density at radius 2 is 2.32 bits per heavy atom. The molecule has 1 aromatic heterocycles. The van der Waals surface area contributed by atoms with E-state index in [1.54, 1.807) is 0 Å². The van der Waals surface area contributed by atoms with Gasteiger partial charge in [-0.1, -0.05) is 0 Å². The zero-order valence-corrected chi connectivity index (χ0v) is 12.9. The monoisotopic (exact) mass is 280 g/mol. The van der Waals surface area contributed by atoms with Crippen LogP contribution in [-0.2, 0) is 6.54 Å². The van der Waals surface area contributed by atoms with Crippen LogP contribution in [0.5, 0.6) is 0 Å². The lowest BCUT2D eigenvalue weighted by atomic mass is 10.1. The van der Waals surface area contributed by atoms with Gasteiger partial charge in [0, 0.05) is 29.9 Å². The maximum atomic E-state index is 4.28. The summed E-state index contributed by atoms with van der Waals surface area (Å²) in [4.78, 5) is 9.36. The number of aryl methyl sites for hydroxylation is 1. The second kappa shape index (κ2) is 6.91. The van der Waals surface area contributed by atoms with Crippen LogP contribution < -0.4 is 10.6 Å². The third-order valence-electron chi connectivity index (χ3n) is 3.50. The molecule has 1 atom stereocenters. The van der Waals surface area contributed by atoms with Gasteiger partial charge in [0.25, 0.3) is 0 Å². The number of hydrogen-bond donors (Lipinski definition) is 2. The summed E-state index contributed by atoms with van der Waals surface area (Å²) in [6.45, 7) is 6.40. The van der Waals surface area contributed by atoms with E-state index in [9.17, 15) is 0 Å². The quantitative estimate of drug-likeness (QED) is 0.651. The predicted octanol–water partition coefficient (Wildman–Crippen LogP) is 1.67. The Kier molecular flexibility index (Phi) is 5.22. The van der Waals surface area contributed by atoms with Crippen molar-refractivity contribution in [3.05, 3.63) is 21.9 Å². The first-order chi connectivity index (χ1) is 9.17. The van der Waals surface area contributed by atoms with E-state index in [0.29, 0.717) is 0 Å². The second-order valence-electron chi connectivity index (χ2n) is 5.24. The molecule has 1 aliphatic heterocycles. The maximum Gasteiger partial charge on any atom is 0.191 e. The maximum absolute atomic E-state index is 4.28. The number of nitrogens with one attached hydrogen (secondary N) is 2. The van der Waals surface area contributed by atoms with Gasteiger partial charge >= 0.3 is 0 Å². The summed E-state index contributed by atoms with van der Waals surface area (Å²) in [6, 6.07) is 4.33. The van der Waals surface area contributed by atoms with Gasteiger partial charge in [-0.2, -0.15) is 0 Å². The summed E-state index contributed by atoms with van der Waals surface area (Å²) in [7, 11) is 4.02. The second-order valence-corrected chi connectivity index (χ2v) is 6.61. The predicted molar refractivity (Wildman–Crippen MR) is 82.9 cm³/mol. The highest BCUT2D eigenvalue weighted by Gasteiger charge is 2.19. The average Bonchev–Trinajstić information content (AvgIpc) is 2.99. The molecule has 106 valence electrons. The lowest BCUT2D eigenvalue weighted by Crippen LogP contribution is -2.39. The number of rotatable bonds is 4. The summed E-state index contributed by atoms with van der Waals surface area (Å²) in [5.41, 5.74) is 0. The van der Waals surface area contributed by atoms with E-state index in [4.69, 9.17) is 0 Å². The highest BCUT2D eigenvalue weighted by molar-refractivity contribution is 7.11. The molecule has 1 aromatic rings. The molecule has 2 rings (SSSR count). The summed E-state index contributed by atoms with van der Waals surface area (Å²) in [5, 5.41) is 6.80. The molecule has 1 fully saturated rings. The molecule has 5 heteroatoms. The zero-order chi connectivity index (χ0) is 13.7. The molecule has 1 aliphatic rings. The van der Waals surface area contributed by atoms with Gasteiger partial charge in [0.1, 0.15) is 0 Å². The van der Waals surface area contributed by atoms with Crippen LogP contribution in [0, 0.1) is 12.8 Å². The fraction of sp³-hybridized carbons (Fsp3) is 0.643. The molecular formula is C14H24N4S. The minimum atomic E-state index is 0.743. The van der Waals surface area contributed by atoms with Gasteiger partial charge in [-0.05, 0) is 45.0 Å². The van der Waals surface area contributed by atoms with Crippen molar-refractivity contribution in [1.82, 2.24) is 15.5 Å². The molecule has 2 N–H and O–H groups in total. The highest BCUT2D eigenvalue weighted by Crippen LogP contribution is 2.14. The van der Waals surface area contributed by atoms with Crippen LogP contribution in [0.1, 0.15) is 16.2 Å². The Hall–Kier alpha value is -1.07. The van der Waals surface area contributed by atoms with E-state index < -0.39 is 0 Å². The lowest BCUT2D eigenvalue weighted by Gasteiger charge is -2.15. The van der Waals surface area contributed by atoms with Crippen molar-refractivity contribution in [1.29, 1.82) is 0 Å². The molecule has 4 nitrogen and oxygen atoms in total. The average molecular weight is 280 g/mol. The highest BCUT2D eigenvalue weighted by atomic mass is 32.1. The van der Waals surface area contributed by atoms with Gasteiger partial charge in [0.2, 0.25) is 0 Å². The SMILES string of the molecule is CN=C(NCc1ccc(C)s1)NCC1CCN(C)C1. The summed E-state index contributed by atoms with van der Waals surface area (Å²) >= 11 is 1.83. The summed E-state index contributed by atoms with van der Waals surface area (Å²) in [5.74, 6) is 1.65. The van der Waals surface area contributed by atoms with Gasteiger partial charge in [0.05, 0.1) is 6.54 Å². The molecular weight excluding hydrogens is 256 g/mol. The van der Waals surface area contributed by atoms with Crippen molar-refractivity contribution in [3.63, 3.8) is 0 Å². The Labute approximate surface area is 119 Å². The van der Waals surface area contributed by atoms with E-state index in [1.165, 1.54) is 29.3 Å². The fourth-order valence-electron chi connectivity index (χ4n) is 2.41. The molecule has 0 saturated carbocycles. The van der Waals surface area contributed by atoms with E-state index in [0.717, 1.165) is 25.0 Å². The Morgan fingerprint density at radius 3 is 2.89 bits per heavy atom. The van der Waals surface area contributed by atoms with Gasteiger partial charge in [0.15, 0.2) is 5.96 Å². The van der Waals surface area contributed by atoms with Gasteiger partial charge < -0.3 is 15.5 Å². The molecule has 0 aliphatic carbocycles. The van der Waals surface area contributed by atoms with Crippen LogP contribution >= 0.6 is 11.3 Å².